The molecule has 1 aromatic heterocycles. The van der Waals surface area contributed by atoms with Gasteiger partial charge in [0.2, 0.25) is 0 Å². The zero-order valence-corrected chi connectivity index (χ0v) is 20.0. The molecule has 1 N–H and O–H groups in total. The van der Waals surface area contributed by atoms with Gasteiger partial charge in [0, 0.05) is 17.7 Å². The predicted octanol–water partition coefficient (Wildman–Crippen LogP) is 6.19. The number of alkyl halides is 3. The second-order valence-electron chi connectivity index (χ2n) is 9.60. The third-order valence-corrected chi connectivity index (χ3v) is 6.47. The first-order chi connectivity index (χ1) is 16.4. The van der Waals surface area contributed by atoms with Gasteiger partial charge in [-0.1, -0.05) is 19.3 Å². The number of hydrogen-bond acceptors (Lipinski definition) is 4. The third-order valence-electron chi connectivity index (χ3n) is 6.47. The number of aromatic nitrogens is 1. The number of ether oxygens (including phenoxy) is 3. The van der Waals surface area contributed by atoms with Crippen molar-refractivity contribution in [1.29, 1.82) is 0 Å². The van der Waals surface area contributed by atoms with Crippen LogP contribution >= 0.6 is 0 Å². The molecule has 0 bridgehead atoms. The van der Waals surface area contributed by atoms with Gasteiger partial charge in [0.25, 0.3) is 0 Å². The van der Waals surface area contributed by atoms with Crippen LogP contribution in [0, 0.1) is 12.7 Å². The molecule has 1 aliphatic heterocycles. The van der Waals surface area contributed by atoms with Gasteiger partial charge in [-0.25, -0.2) is 9.18 Å². The van der Waals surface area contributed by atoms with Crippen LogP contribution in [0.2, 0.25) is 0 Å². The highest BCUT2D eigenvalue weighted by Gasteiger charge is 2.35. The largest absolute Gasteiger partial charge is 0.416 e. The maximum absolute atomic E-state index is 14.8. The normalized spacial score (nSPS) is 20.7. The number of halogens is 4. The second-order valence-corrected chi connectivity index (χ2v) is 9.60. The molecular weight excluding hydrogens is 468 g/mol. The number of carbonyl (C=O) groups excluding carboxylic acids is 1. The summed E-state index contributed by atoms with van der Waals surface area (Å²) in [5.41, 5.74) is -0.606. The van der Waals surface area contributed by atoms with Crippen LogP contribution in [0.25, 0.3) is 11.3 Å². The van der Waals surface area contributed by atoms with Gasteiger partial charge in [0.15, 0.2) is 11.5 Å². The van der Waals surface area contributed by atoms with Gasteiger partial charge in [0.1, 0.15) is 11.9 Å². The molecule has 2 fully saturated rings. The first kappa shape index (κ1) is 25.5. The number of rotatable bonds is 5. The molecule has 1 aliphatic carbocycles. The molecule has 2 aromatic rings. The first-order valence-corrected chi connectivity index (χ1v) is 11.8. The van der Waals surface area contributed by atoms with E-state index in [-0.39, 0.29) is 36.2 Å². The Kier molecular flexibility index (Phi) is 7.15. The summed E-state index contributed by atoms with van der Waals surface area (Å²) in [6.45, 7) is 5.61. The van der Waals surface area contributed by atoms with E-state index in [4.69, 9.17) is 14.2 Å². The summed E-state index contributed by atoms with van der Waals surface area (Å²) in [7, 11) is 0. The van der Waals surface area contributed by atoms with Gasteiger partial charge in [-0.15, -0.1) is 0 Å². The van der Waals surface area contributed by atoms with Crippen LogP contribution in [0.15, 0.2) is 24.3 Å². The van der Waals surface area contributed by atoms with E-state index in [9.17, 15) is 22.4 Å². The Hall–Kier alpha value is -2.59. The molecule has 2 heterocycles. The van der Waals surface area contributed by atoms with E-state index in [0.29, 0.717) is 11.8 Å². The van der Waals surface area contributed by atoms with Crippen LogP contribution < -0.4 is 10.1 Å². The quantitative estimate of drug-likeness (QED) is 0.499. The monoisotopic (exact) mass is 498 g/mol. The Morgan fingerprint density at radius 1 is 1.20 bits per heavy atom. The lowest BCUT2D eigenvalue weighted by atomic mass is 9.96. The van der Waals surface area contributed by atoms with Crippen molar-refractivity contribution in [2.24, 2.45) is 0 Å². The van der Waals surface area contributed by atoms with Crippen molar-refractivity contribution in [3.63, 3.8) is 0 Å². The van der Waals surface area contributed by atoms with E-state index in [0.717, 1.165) is 44.2 Å². The maximum atomic E-state index is 14.8. The van der Waals surface area contributed by atoms with E-state index in [1.54, 1.807) is 25.3 Å². The minimum absolute atomic E-state index is 0.0188. The summed E-state index contributed by atoms with van der Waals surface area (Å²) in [4.78, 5) is 12.6. The molecule has 192 valence electrons. The minimum atomic E-state index is -4.64. The summed E-state index contributed by atoms with van der Waals surface area (Å²) < 4.78 is 73.5. The zero-order valence-electron chi connectivity index (χ0n) is 20.0. The van der Waals surface area contributed by atoms with Crippen molar-refractivity contribution in [1.82, 2.24) is 9.88 Å². The molecule has 0 radical (unpaired) electrons. The highest BCUT2D eigenvalue weighted by atomic mass is 19.4. The first-order valence-electron chi connectivity index (χ1n) is 11.8. The predicted molar refractivity (Wildman–Crippen MR) is 121 cm³/mol. The Labute approximate surface area is 201 Å². The van der Waals surface area contributed by atoms with Crippen molar-refractivity contribution in [2.45, 2.75) is 83.5 Å². The molecule has 1 unspecified atom stereocenters. The van der Waals surface area contributed by atoms with Crippen LogP contribution in [0.1, 0.15) is 57.2 Å². The van der Waals surface area contributed by atoms with Gasteiger partial charge >= 0.3 is 12.3 Å². The Bertz CT molecular complexity index is 1070. The Morgan fingerprint density at radius 3 is 2.54 bits per heavy atom. The van der Waals surface area contributed by atoms with Crippen LogP contribution in [-0.4, -0.2) is 35.2 Å². The van der Waals surface area contributed by atoms with E-state index < -0.39 is 35.5 Å². The number of nitrogens with one attached hydrogen (secondary N) is 1. The van der Waals surface area contributed by atoms with E-state index in [1.807, 2.05) is 0 Å². The number of benzene rings is 1. The lowest BCUT2D eigenvalue weighted by molar-refractivity contribution is -0.139. The molecular formula is C25H30F4N2O4. The number of hydrogen-bond donors (Lipinski definition) is 1. The fraction of sp³-hybridized carbons (Fsp3) is 0.560. The van der Waals surface area contributed by atoms with Gasteiger partial charge in [-0.05, 0) is 51.8 Å². The lowest BCUT2D eigenvalue weighted by Crippen LogP contribution is -2.38. The van der Waals surface area contributed by atoms with Crippen molar-refractivity contribution < 1.29 is 36.6 Å². The van der Waals surface area contributed by atoms with Gasteiger partial charge < -0.3 is 24.1 Å². The lowest BCUT2D eigenvalue weighted by Gasteiger charge is -2.22. The van der Waals surface area contributed by atoms with Crippen LogP contribution in [-0.2, 0) is 22.2 Å². The summed E-state index contributed by atoms with van der Waals surface area (Å²) in [5.74, 6) is -1.49. The van der Waals surface area contributed by atoms with Crippen LogP contribution in [0.3, 0.4) is 0 Å². The van der Waals surface area contributed by atoms with Gasteiger partial charge in [0.05, 0.1) is 30.1 Å². The average molecular weight is 499 g/mol. The fourth-order valence-corrected chi connectivity index (χ4v) is 4.68. The standard InChI is InChI=1S/C25H30F4N2O4/c1-15-22(34-23(32)30-17-7-5-4-6-8-17)12-21(31(15)13-18-14-33-24(2,3)35-18)19-11-16(25(27,28)29)9-10-20(19)26/h9-12,17-18H,4-8,13-14H2,1-3H3,(H,30,32). The van der Waals surface area contributed by atoms with E-state index >= 15 is 0 Å². The average Bonchev–Trinajstić information content (AvgIpc) is 3.27. The fourth-order valence-electron chi connectivity index (χ4n) is 4.68. The number of carbonyl (C=O) groups is 1. The molecule has 1 aromatic carbocycles. The van der Waals surface area contributed by atoms with E-state index in [2.05, 4.69) is 5.32 Å². The van der Waals surface area contributed by atoms with E-state index in [1.165, 1.54) is 6.07 Å². The molecule has 1 amide bonds. The SMILES string of the molecule is Cc1c(OC(=O)NC2CCCCC2)cc(-c2cc(C(F)(F)F)ccc2F)n1CC1COC(C)(C)O1. The van der Waals surface area contributed by atoms with Crippen LogP contribution in [0.5, 0.6) is 5.75 Å². The summed E-state index contributed by atoms with van der Waals surface area (Å²) in [5, 5.41) is 2.85. The number of nitrogens with zero attached hydrogens (tertiary/aromatic N) is 1. The molecule has 6 nitrogen and oxygen atoms in total. The van der Waals surface area contributed by atoms with Crippen molar-refractivity contribution in [3.8, 4) is 17.0 Å². The summed E-state index contributed by atoms with van der Waals surface area (Å²) in [6, 6.07) is 3.67. The topological polar surface area (TPSA) is 61.7 Å². The molecule has 4 rings (SSSR count). The zero-order chi connectivity index (χ0) is 25.4. The molecule has 0 spiro atoms. The Balaban J connectivity index is 1.67. The highest BCUT2D eigenvalue weighted by molar-refractivity contribution is 5.73. The highest BCUT2D eigenvalue weighted by Crippen LogP contribution is 2.38. The van der Waals surface area contributed by atoms with Gasteiger partial charge in [-0.2, -0.15) is 13.2 Å². The summed E-state index contributed by atoms with van der Waals surface area (Å²) >= 11 is 0. The molecule has 35 heavy (non-hydrogen) atoms. The van der Waals surface area contributed by atoms with Crippen LogP contribution in [0.4, 0.5) is 22.4 Å². The number of amides is 1. The smallest absolute Gasteiger partial charge is 0.408 e. The second kappa shape index (κ2) is 9.81. The molecule has 10 heteroatoms. The van der Waals surface area contributed by atoms with Gasteiger partial charge in [-0.3, -0.25) is 0 Å². The van der Waals surface area contributed by atoms with Crippen molar-refractivity contribution >= 4 is 6.09 Å². The summed E-state index contributed by atoms with van der Waals surface area (Å²) in [6.07, 6.45) is -0.791. The maximum Gasteiger partial charge on any atom is 0.416 e. The minimum Gasteiger partial charge on any atom is -0.408 e. The Morgan fingerprint density at radius 2 is 1.91 bits per heavy atom. The van der Waals surface area contributed by atoms with Crippen molar-refractivity contribution in [2.75, 3.05) is 6.61 Å². The molecule has 1 atom stereocenters. The molecule has 1 saturated carbocycles. The molecule has 1 saturated heterocycles. The molecule has 2 aliphatic rings. The van der Waals surface area contributed by atoms with Crippen molar-refractivity contribution in [3.05, 3.63) is 41.3 Å². The third kappa shape index (κ3) is 5.98.